The maximum atomic E-state index is 13.0. The fourth-order valence-electron chi connectivity index (χ4n) is 3.17. The molecule has 4 aromatic rings. The molecule has 6 nitrogen and oxygen atoms in total. The number of nitrogens with zero attached hydrogens (tertiary/aromatic N) is 3. The molecule has 0 fully saturated rings. The number of aromatic nitrogens is 3. The van der Waals surface area contributed by atoms with E-state index in [4.69, 9.17) is 11.6 Å². The van der Waals surface area contributed by atoms with Crippen LogP contribution in [0.1, 0.15) is 32.7 Å². The fraction of sp³-hybridized carbons (Fsp3) is 0.136. The first-order valence-corrected chi connectivity index (χ1v) is 9.63. The van der Waals surface area contributed by atoms with Gasteiger partial charge in [-0.2, -0.15) is 9.61 Å². The monoisotopic (exact) mass is 424 g/mol. The van der Waals surface area contributed by atoms with Crippen LogP contribution in [0, 0.1) is 12.7 Å². The van der Waals surface area contributed by atoms with E-state index >= 15 is 0 Å². The molecule has 2 aromatic carbocycles. The van der Waals surface area contributed by atoms with Crippen molar-refractivity contribution < 1.29 is 14.3 Å². The molecule has 30 heavy (non-hydrogen) atoms. The van der Waals surface area contributed by atoms with E-state index in [2.05, 4.69) is 15.4 Å². The van der Waals surface area contributed by atoms with E-state index in [-0.39, 0.29) is 35.4 Å². The molecule has 4 rings (SSSR count). The van der Waals surface area contributed by atoms with Crippen LogP contribution in [0.15, 0.2) is 54.7 Å². The minimum absolute atomic E-state index is 0.0648. The minimum atomic E-state index is -0.383. The number of amides is 1. The normalized spacial score (nSPS) is 11.0. The number of hydrogen-bond donors (Lipinski definition) is 2. The maximum absolute atomic E-state index is 13.0. The predicted octanol–water partition coefficient (Wildman–Crippen LogP) is 4.06. The van der Waals surface area contributed by atoms with Crippen LogP contribution in [0.3, 0.4) is 0 Å². The average molecular weight is 425 g/mol. The third-order valence-electron chi connectivity index (χ3n) is 4.83. The van der Waals surface area contributed by atoms with E-state index in [1.807, 2.05) is 12.1 Å². The molecular formula is C22H18ClFN4O2. The van der Waals surface area contributed by atoms with Crippen molar-refractivity contribution in [3.63, 3.8) is 0 Å². The Hall–Kier alpha value is -3.45. The Morgan fingerprint density at radius 2 is 1.80 bits per heavy atom. The van der Waals surface area contributed by atoms with E-state index in [1.54, 1.807) is 31.2 Å². The van der Waals surface area contributed by atoms with Gasteiger partial charge in [0.2, 0.25) is 5.88 Å². The van der Waals surface area contributed by atoms with Crippen molar-refractivity contribution in [1.29, 1.82) is 0 Å². The number of nitrogens with one attached hydrogen (secondary N) is 1. The first-order chi connectivity index (χ1) is 14.4. The molecule has 0 aliphatic rings. The number of carbonyl (C=O) groups is 1. The van der Waals surface area contributed by atoms with Crippen molar-refractivity contribution in [3.8, 4) is 5.88 Å². The molecule has 0 aliphatic heterocycles. The average Bonchev–Trinajstić information content (AvgIpc) is 3.16. The summed E-state index contributed by atoms with van der Waals surface area (Å²) in [5, 5.41) is 18.3. The standard InChI is InChI=1S/C22H18ClFN4O2/c1-13-18(10-14-2-6-16(23)7-3-14)22(30)28-20(27-13)19(12-26-28)21(29)25-11-15-4-8-17(24)9-5-15/h2-9,12,30H,10-11H2,1H3,(H,25,29). The quantitative estimate of drug-likeness (QED) is 0.506. The predicted molar refractivity (Wildman–Crippen MR) is 111 cm³/mol. The van der Waals surface area contributed by atoms with Crippen molar-refractivity contribution in [3.05, 3.63) is 93.5 Å². The van der Waals surface area contributed by atoms with E-state index in [0.717, 1.165) is 11.1 Å². The van der Waals surface area contributed by atoms with Crippen LogP contribution in [0.25, 0.3) is 5.65 Å². The third kappa shape index (κ3) is 3.97. The van der Waals surface area contributed by atoms with Gasteiger partial charge < -0.3 is 10.4 Å². The van der Waals surface area contributed by atoms with Crippen LogP contribution in [0.5, 0.6) is 5.88 Å². The van der Waals surface area contributed by atoms with Crippen LogP contribution in [0.2, 0.25) is 5.02 Å². The summed E-state index contributed by atoms with van der Waals surface area (Å²) in [7, 11) is 0. The number of benzene rings is 2. The zero-order valence-electron chi connectivity index (χ0n) is 16.1. The van der Waals surface area contributed by atoms with Gasteiger partial charge >= 0.3 is 0 Å². The summed E-state index contributed by atoms with van der Waals surface area (Å²) < 4.78 is 14.3. The Bertz CT molecular complexity index is 1220. The van der Waals surface area contributed by atoms with Crippen molar-refractivity contribution in [2.45, 2.75) is 19.9 Å². The Morgan fingerprint density at radius 1 is 1.13 bits per heavy atom. The summed E-state index contributed by atoms with van der Waals surface area (Å²) in [4.78, 5) is 17.1. The topological polar surface area (TPSA) is 79.5 Å². The summed E-state index contributed by atoms with van der Waals surface area (Å²) in [6.07, 6.45) is 1.82. The Morgan fingerprint density at radius 3 is 2.50 bits per heavy atom. The van der Waals surface area contributed by atoms with Gasteiger partial charge in [0, 0.05) is 29.2 Å². The number of aryl methyl sites for hydroxylation is 1. The Labute approximate surface area is 177 Å². The molecular weight excluding hydrogens is 407 g/mol. The smallest absolute Gasteiger partial charge is 0.257 e. The molecule has 0 atom stereocenters. The fourth-order valence-corrected chi connectivity index (χ4v) is 3.30. The molecule has 0 unspecified atom stereocenters. The molecule has 1 amide bonds. The van der Waals surface area contributed by atoms with E-state index in [0.29, 0.717) is 22.7 Å². The zero-order chi connectivity index (χ0) is 21.3. The van der Waals surface area contributed by atoms with Crippen molar-refractivity contribution >= 4 is 23.2 Å². The highest BCUT2D eigenvalue weighted by Crippen LogP contribution is 2.26. The van der Waals surface area contributed by atoms with E-state index in [9.17, 15) is 14.3 Å². The number of carbonyl (C=O) groups excluding carboxylic acids is 1. The van der Waals surface area contributed by atoms with Gasteiger partial charge in [0.05, 0.1) is 6.20 Å². The van der Waals surface area contributed by atoms with Gasteiger partial charge in [-0.05, 0) is 42.3 Å². The van der Waals surface area contributed by atoms with E-state index in [1.165, 1.54) is 22.8 Å². The summed E-state index contributed by atoms with van der Waals surface area (Å²) in [6.45, 7) is 2.01. The van der Waals surface area contributed by atoms with Gasteiger partial charge in [0.1, 0.15) is 11.4 Å². The SMILES string of the molecule is Cc1nc2c(C(=O)NCc3ccc(F)cc3)cnn2c(O)c1Cc1ccc(Cl)cc1. The second-order valence-corrected chi connectivity index (χ2v) is 7.34. The molecule has 2 N–H and O–H groups in total. The molecule has 0 saturated heterocycles. The maximum Gasteiger partial charge on any atom is 0.257 e. The number of rotatable bonds is 5. The van der Waals surface area contributed by atoms with E-state index < -0.39 is 0 Å². The second-order valence-electron chi connectivity index (χ2n) is 6.91. The van der Waals surface area contributed by atoms with Crippen molar-refractivity contribution in [1.82, 2.24) is 19.9 Å². The molecule has 0 bridgehead atoms. The third-order valence-corrected chi connectivity index (χ3v) is 5.08. The highest BCUT2D eigenvalue weighted by Gasteiger charge is 2.20. The Kier molecular flexibility index (Phi) is 5.37. The van der Waals surface area contributed by atoms with Gasteiger partial charge in [-0.3, -0.25) is 4.79 Å². The first kappa shape index (κ1) is 19.8. The molecule has 2 aromatic heterocycles. The van der Waals surface area contributed by atoms with Crippen LogP contribution < -0.4 is 5.32 Å². The molecule has 8 heteroatoms. The molecule has 0 radical (unpaired) electrons. The first-order valence-electron chi connectivity index (χ1n) is 9.25. The molecule has 152 valence electrons. The highest BCUT2D eigenvalue weighted by molar-refractivity contribution is 6.30. The van der Waals surface area contributed by atoms with Gasteiger partial charge in [-0.1, -0.05) is 35.9 Å². The summed E-state index contributed by atoms with van der Waals surface area (Å²) in [5.74, 6) is -0.784. The summed E-state index contributed by atoms with van der Waals surface area (Å²) >= 11 is 5.93. The summed E-state index contributed by atoms with van der Waals surface area (Å²) in [5.41, 5.74) is 3.45. The van der Waals surface area contributed by atoms with Gasteiger partial charge in [0.25, 0.3) is 5.91 Å². The highest BCUT2D eigenvalue weighted by atomic mass is 35.5. The summed E-state index contributed by atoms with van der Waals surface area (Å²) in [6, 6.07) is 13.2. The van der Waals surface area contributed by atoms with Crippen LogP contribution in [-0.4, -0.2) is 25.6 Å². The largest absolute Gasteiger partial charge is 0.493 e. The van der Waals surface area contributed by atoms with Crippen LogP contribution >= 0.6 is 11.6 Å². The van der Waals surface area contributed by atoms with Gasteiger partial charge in [-0.25, -0.2) is 9.37 Å². The lowest BCUT2D eigenvalue weighted by Gasteiger charge is -2.10. The van der Waals surface area contributed by atoms with Crippen LogP contribution in [-0.2, 0) is 13.0 Å². The Balaban J connectivity index is 1.59. The van der Waals surface area contributed by atoms with Gasteiger partial charge in [-0.15, -0.1) is 0 Å². The lowest BCUT2D eigenvalue weighted by molar-refractivity contribution is 0.0952. The molecule has 0 saturated carbocycles. The number of fused-ring (bicyclic) bond motifs is 1. The molecule has 0 aliphatic carbocycles. The number of hydrogen-bond acceptors (Lipinski definition) is 4. The lowest BCUT2D eigenvalue weighted by atomic mass is 10.0. The second kappa shape index (κ2) is 8.12. The van der Waals surface area contributed by atoms with Crippen molar-refractivity contribution in [2.75, 3.05) is 0 Å². The van der Waals surface area contributed by atoms with Crippen molar-refractivity contribution in [2.24, 2.45) is 0 Å². The molecule has 0 spiro atoms. The van der Waals surface area contributed by atoms with Gasteiger partial charge in [0.15, 0.2) is 5.65 Å². The number of aromatic hydroxyl groups is 1. The minimum Gasteiger partial charge on any atom is -0.493 e. The number of halogens is 2. The zero-order valence-corrected chi connectivity index (χ0v) is 16.8. The molecule has 2 heterocycles. The lowest BCUT2D eigenvalue weighted by Crippen LogP contribution is -2.23. The van der Waals surface area contributed by atoms with Crippen LogP contribution in [0.4, 0.5) is 4.39 Å².